The number of esters is 4. The number of aliphatic hydroxyl groups is 1. The minimum atomic E-state index is -4.94. The van der Waals surface area contributed by atoms with Crippen LogP contribution in [0.4, 0.5) is 0 Å². The van der Waals surface area contributed by atoms with Crippen LogP contribution in [0.15, 0.2) is 0 Å². The lowest BCUT2D eigenvalue weighted by atomic mass is 10.00. The second-order valence-corrected chi connectivity index (χ2v) is 27.7. The molecule has 0 rings (SSSR count). The highest BCUT2D eigenvalue weighted by atomic mass is 31.2. The molecule has 83 heavy (non-hydrogen) atoms. The van der Waals surface area contributed by atoms with Gasteiger partial charge in [-0.3, -0.25) is 37.3 Å². The van der Waals surface area contributed by atoms with Crippen LogP contribution in [0.5, 0.6) is 0 Å². The average molecular weight is 1230 g/mol. The van der Waals surface area contributed by atoms with E-state index in [0.29, 0.717) is 31.6 Å². The number of phosphoric ester groups is 2. The fraction of sp³-hybridized carbons (Fsp3) is 0.938. The van der Waals surface area contributed by atoms with Gasteiger partial charge in [0.15, 0.2) is 12.2 Å². The highest BCUT2D eigenvalue weighted by molar-refractivity contribution is 7.47. The molecule has 17 nitrogen and oxygen atoms in total. The van der Waals surface area contributed by atoms with E-state index in [2.05, 4.69) is 55.4 Å². The lowest BCUT2D eigenvalue weighted by molar-refractivity contribution is -0.161. The van der Waals surface area contributed by atoms with Crippen molar-refractivity contribution < 1.29 is 80.2 Å². The summed E-state index contributed by atoms with van der Waals surface area (Å²) in [7, 11) is -9.89. The minimum absolute atomic E-state index is 0.103. The van der Waals surface area contributed by atoms with E-state index in [1.165, 1.54) is 96.3 Å². The van der Waals surface area contributed by atoms with E-state index in [4.69, 9.17) is 37.0 Å². The second kappa shape index (κ2) is 54.2. The van der Waals surface area contributed by atoms with Crippen LogP contribution in [-0.4, -0.2) is 96.7 Å². The molecule has 0 aromatic heterocycles. The third-order valence-corrected chi connectivity index (χ3v) is 16.8. The largest absolute Gasteiger partial charge is 0.472 e. The number of hydrogen-bond acceptors (Lipinski definition) is 15. The van der Waals surface area contributed by atoms with Gasteiger partial charge in [-0.1, -0.05) is 254 Å². The molecule has 3 unspecified atom stereocenters. The van der Waals surface area contributed by atoms with Crippen molar-refractivity contribution in [3.63, 3.8) is 0 Å². The summed E-state index contributed by atoms with van der Waals surface area (Å²) in [5.74, 6) is 0.738. The summed E-state index contributed by atoms with van der Waals surface area (Å²) >= 11 is 0. The van der Waals surface area contributed by atoms with E-state index >= 15 is 0 Å². The first-order valence-corrected chi connectivity index (χ1v) is 36.2. The molecule has 0 aliphatic heterocycles. The van der Waals surface area contributed by atoms with Crippen molar-refractivity contribution in [2.75, 3.05) is 39.6 Å². The normalized spacial score (nSPS) is 14.8. The summed E-state index contributed by atoms with van der Waals surface area (Å²) < 4.78 is 68.0. The Kier molecular flexibility index (Phi) is 53.0. The van der Waals surface area contributed by atoms with Crippen LogP contribution < -0.4 is 0 Å². The molecule has 492 valence electrons. The standard InChI is InChI=1S/C64H124O17P2/c1-9-57(8)43-35-27-21-23-29-37-45-62(67)75-51-60(81-64(69)47-39-31-19-15-14-17-25-33-41-55(4)5)53-79-83(72,73)77-49-58(65)48-76-82(70,71)78-52-59(50-74-61(66)44-36-28-22-20-26-34-42-56(6)7)80-63(68)46-38-30-18-13-11-10-12-16-24-32-40-54(2)3/h54-60,65H,9-53H2,1-8H3,(H,70,71)(H,72,73)/t57?,58-,59+,60+/m0/s1. The van der Waals surface area contributed by atoms with E-state index < -0.39 is 97.5 Å². The van der Waals surface area contributed by atoms with Crippen LogP contribution in [0.3, 0.4) is 0 Å². The van der Waals surface area contributed by atoms with Crippen LogP contribution >= 0.6 is 15.6 Å². The molecule has 0 bridgehead atoms. The summed E-state index contributed by atoms with van der Waals surface area (Å²) in [5, 5.41) is 10.5. The Morgan fingerprint density at radius 1 is 0.337 bits per heavy atom. The Morgan fingerprint density at radius 3 is 0.855 bits per heavy atom. The monoisotopic (exact) mass is 1230 g/mol. The van der Waals surface area contributed by atoms with Gasteiger partial charge in [-0.2, -0.15) is 0 Å². The third kappa shape index (κ3) is 57.6. The molecule has 19 heteroatoms. The molecule has 0 fully saturated rings. The molecule has 0 aliphatic rings. The number of phosphoric acid groups is 2. The first-order valence-electron chi connectivity index (χ1n) is 33.2. The molecule has 0 spiro atoms. The van der Waals surface area contributed by atoms with Gasteiger partial charge < -0.3 is 33.8 Å². The number of carbonyl (C=O) groups is 4. The van der Waals surface area contributed by atoms with Crippen LogP contribution in [0.25, 0.3) is 0 Å². The summed E-state index contributed by atoms with van der Waals surface area (Å²) in [6, 6.07) is 0. The van der Waals surface area contributed by atoms with Gasteiger partial charge in [-0.15, -0.1) is 0 Å². The highest BCUT2D eigenvalue weighted by Gasteiger charge is 2.30. The van der Waals surface area contributed by atoms with Crippen LogP contribution in [0, 0.1) is 23.7 Å². The molecule has 0 saturated carbocycles. The molecule has 6 atom stereocenters. The molecule has 0 aromatic rings. The predicted molar refractivity (Wildman–Crippen MR) is 331 cm³/mol. The maximum absolute atomic E-state index is 13.0. The van der Waals surface area contributed by atoms with Gasteiger partial charge in [0.2, 0.25) is 0 Å². The Balaban J connectivity index is 5.25. The smallest absolute Gasteiger partial charge is 0.462 e. The van der Waals surface area contributed by atoms with Gasteiger partial charge in [-0.05, 0) is 49.4 Å². The van der Waals surface area contributed by atoms with Gasteiger partial charge in [0, 0.05) is 25.7 Å². The van der Waals surface area contributed by atoms with Gasteiger partial charge in [0.05, 0.1) is 26.4 Å². The van der Waals surface area contributed by atoms with Crippen molar-refractivity contribution in [3.8, 4) is 0 Å². The summed E-state index contributed by atoms with van der Waals surface area (Å²) in [5.41, 5.74) is 0. The van der Waals surface area contributed by atoms with Crippen LogP contribution in [0.2, 0.25) is 0 Å². The maximum Gasteiger partial charge on any atom is 0.472 e. The zero-order valence-corrected chi connectivity index (χ0v) is 55.6. The number of rotatable bonds is 61. The molecular formula is C64H124O17P2. The van der Waals surface area contributed by atoms with Crippen molar-refractivity contribution in [2.24, 2.45) is 23.7 Å². The summed E-state index contributed by atoms with van der Waals surface area (Å²) in [6.45, 7) is 13.9. The first kappa shape index (κ1) is 81.1. The van der Waals surface area contributed by atoms with E-state index in [-0.39, 0.29) is 25.7 Å². The maximum atomic E-state index is 13.0. The number of hydrogen-bond donors (Lipinski definition) is 3. The quantitative estimate of drug-likeness (QED) is 0.0222. The minimum Gasteiger partial charge on any atom is -0.462 e. The van der Waals surface area contributed by atoms with Gasteiger partial charge in [0.25, 0.3) is 0 Å². The van der Waals surface area contributed by atoms with Crippen molar-refractivity contribution >= 4 is 39.5 Å². The molecule has 0 aliphatic carbocycles. The topological polar surface area (TPSA) is 237 Å². The van der Waals surface area contributed by atoms with E-state index in [0.717, 1.165) is 120 Å². The number of aliphatic hydroxyl groups excluding tert-OH is 1. The van der Waals surface area contributed by atoms with Crippen molar-refractivity contribution in [1.29, 1.82) is 0 Å². The summed E-state index contributed by atoms with van der Waals surface area (Å²) in [6.07, 6.45) is 33.7. The SMILES string of the molecule is CCC(C)CCCCCCCCC(=O)OC[C@H](COP(=O)(O)OC[C@@H](O)COP(=O)(O)OC[C@@H](COC(=O)CCCCCCCCC(C)C)OC(=O)CCCCCCCCCCCCC(C)C)OC(=O)CCCCCCCCCCC(C)C. The number of ether oxygens (including phenoxy) is 4. The molecule has 0 aromatic carbocycles. The molecular weight excluding hydrogens is 1100 g/mol. The first-order chi connectivity index (χ1) is 39.6. The zero-order chi connectivity index (χ0) is 61.8. The van der Waals surface area contributed by atoms with Crippen molar-refractivity contribution in [1.82, 2.24) is 0 Å². The zero-order valence-electron chi connectivity index (χ0n) is 53.8. The summed E-state index contributed by atoms with van der Waals surface area (Å²) in [4.78, 5) is 72.2. The third-order valence-electron chi connectivity index (χ3n) is 14.9. The number of carbonyl (C=O) groups excluding carboxylic acids is 4. The fourth-order valence-electron chi connectivity index (χ4n) is 9.40. The molecule has 0 heterocycles. The van der Waals surface area contributed by atoms with Gasteiger partial charge >= 0.3 is 39.5 Å². The lowest BCUT2D eigenvalue weighted by Crippen LogP contribution is -2.30. The fourth-order valence-corrected chi connectivity index (χ4v) is 11.0. The molecule has 0 saturated heterocycles. The van der Waals surface area contributed by atoms with E-state index in [1.54, 1.807) is 0 Å². The second-order valence-electron chi connectivity index (χ2n) is 24.8. The van der Waals surface area contributed by atoms with E-state index in [9.17, 15) is 43.2 Å². The van der Waals surface area contributed by atoms with Crippen molar-refractivity contribution in [3.05, 3.63) is 0 Å². The van der Waals surface area contributed by atoms with Crippen LogP contribution in [-0.2, 0) is 65.4 Å². The Labute approximate surface area is 505 Å². The lowest BCUT2D eigenvalue weighted by Gasteiger charge is -2.21. The van der Waals surface area contributed by atoms with Crippen LogP contribution in [0.1, 0.15) is 306 Å². The molecule has 0 radical (unpaired) electrons. The Bertz CT molecular complexity index is 1660. The average Bonchev–Trinajstić information content (AvgIpc) is 3.45. The highest BCUT2D eigenvalue weighted by Crippen LogP contribution is 2.45. The number of unbranched alkanes of at least 4 members (excludes halogenated alkanes) is 26. The predicted octanol–water partition coefficient (Wildman–Crippen LogP) is 17.4. The van der Waals surface area contributed by atoms with Gasteiger partial charge in [0.1, 0.15) is 19.3 Å². The Hall–Kier alpha value is -1.94. The van der Waals surface area contributed by atoms with E-state index in [1.807, 2.05) is 0 Å². The Morgan fingerprint density at radius 2 is 0.578 bits per heavy atom. The molecule has 3 N–H and O–H groups in total. The van der Waals surface area contributed by atoms with Gasteiger partial charge in [-0.25, -0.2) is 9.13 Å². The van der Waals surface area contributed by atoms with Crippen molar-refractivity contribution in [2.45, 2.75) is 324 Å². The molecule has 0 amide bonds.